The number of halogens is 2. The van der Waals surface area contributed by atoms with Crippen molar-refractivity contribution >= 4 is 46.4 Å². The number of rotatable bonds is 5. The van der Waals surface area contributed by atoms with Crippen molar-refractivity contribution < 1.29 is 9.59 Å². The van der Waals surface area contributed by atoms with Crippen LogP contribution in [0.5, 0.6) is 0 Å². The molecular formula is C25H22Cl2N2O2S. The van der Waals surface area contributed by atoms with Gasteiger partial charge in [-0.2, -0.15) is 0 Å². The van der Waals surface area contributed by atoms with E-state index in [0.717, 1.165) is 30.4 Å². The lowest BCUT2D eigenvalue weighted by atomic mass is 9.93. The molecule has 32 heavy (non-hydrogen) atoms. The number of benzene rings is 2. The monoisotopic (exact) mass is 484 g/mol. The number of nitrogens with zero attached hydrogens (tertiary/aromatic N) is 2. The molecule has 2 aliphatic rings. The van der Waals surface area contributed by atoms with Gasteiger partial charge >= 0.3 is 0 Å². The number of hydrogen-bond donors (Lipinski definition) is 0. The molecule has 0 spiro atoms. The lowest BCUT2D eigenvalue weighted by Crippen LogP contribution is -2.47. The summed E-state index contributed by atoms with van der Waals surface area (Å²) in [5, 5.41) is 3.27. The lowest BCUT2D eigenvalue weighted by Gasteiger charge is -2.37. The fourth-order valence-corrected chi connectivity index (χ4v) is 5.59. The second-order valence-electron chi connectivity index (χ2n) is 8.26. The SMILES string of the molecule is O=C(c1cccc(Cl)c1)N(CC(=O)N1CCc2sccc2C1c1ccc(Cl)cc1)C1CC1. The van der Waals surface area contributed by atoms with Crippen LogP contribution in [-0.4, -0.2) is 40.7 Å². The van der Waals surface area contributed by atoms with E-state index in [2.05, 4.69) is 11.4 Å². The molecule has 2 amide bonds. The maximum atomic E-state index is 13.6. The first kappa shape index (κ1) is 21.5. The van der Waals surface area contributed by atoms with Crippen molar-refractivity contribution in [3.8, 4) is 0 Å². The highest BCUT2D eigenvalue weighted by Crippen LogP contribution is 2.38. The third-order valence-corrected chi connectivity index (χ3v) is 7.58. The zero-order chi connectivity index (χ0) is 22.2. The van der Waals surface area contributed by atoms with Crippen LogP contribution in [0.4, 0.5) is 0 Å². The van der Waals surface area contributed by atoms with Gasteiger partial charge in [0.25, 0.3) is 5.91 Å². The smallest absolute Gasteiger partial charge is 0.254 e. The molecule has 1 unspecified atom stereocenters. The van der Waals surface area contributed by atoms with Gasteiger partial charge in [0, 0.05) is 33.1 Å². The quantitative estimate of drug-likeness (QED) is 0.456. The molecule has 0 saturated heterocycles. The van der Waals surface area contributed by atoms with Gasteiger partial charge in [-0.3, -0.25) is 9.59 Å². The zero-order valence-corrected chi connectivity index (χ0v) is 19.7. The van der Waals surface area contributed by atoms with E-state index in [9.17, 15) is 9.59 Å². The molecule has 0 N–H and O–H groups in total. The number of amides is 2. The average Bonchev–Trinajstić information content (AvgIpc) is 3.52. The van der Waals surface area contributed by atoms with Crippen LogP contribution < -0.4 is 0 Å². The third kappa shape index (κ3) is 4.29. The Kier molecular flexibility index (Phi) is 5.97. The van der Waals surface area contributed by atoms with E-state index in [-0.39, 0.29) is 30.4 Å². The van der Waals surface area contributed by atoms with Crippen LogP contribution in [0.3, 0.4) is 0 Å². The molecule has 5 rings (SSSR count). The molecule has 0 radical (unpaired) electrons. The molecule has 7 heteroatoms. The predicted molar refractivity (Wildman–Crippen MR) is 129 cm³/mol. The first-order valence-electron chi connectivity index (χ1n) is 10.7. The van der Waals surface area contributed by atoms with E-state index in [1.807, 2.05) is 29.2 Å². The van der Waals surface area contributed by atoms with Gasteiger partial charge < -0.3 is 9.80 Å². The fourth-order valence-electron chi connectivity index (χ4n) is 4.37. The Labute approximate surface area is 201 Å². The van der Waals surface area contributed by atoms with Gasteiger partial charge in [0.15, 0.2) is 0 Å². The summed E-state index contributed by atoms with van der Waals surface area (Å²) < 4.78 is 0. The van der Waals surface area contributed by atoms with E-state index in [0.29, 0.717) is 22.2 Å². The molecule has 2 aromatic carbocycles. The Hall–Kier alpha value is -2.34. The largest absolute Gasteiger partial charge is 0.330 e. The molecule has 0 bridgehead atoms. The summed E-state index contributed by atoms with van der Waals surface area (Å²) in [4.78, 5) is 31.8. The molecule has 1 saturated carbocycles. The van der Waals surface area contributed by atoms with Gasteiger partial charge in [-0.15, -0.1) is 11.3 Å². The van der Waals surface area contributed by atoms with Crippen LogP contribution in [0.15, 0.2) is 60.0 Å². The third-order valence-electron chi connectivity index (χ3n) is 6.10. The maximum Gasteiger partial charge on any atom is 0.254 e. The first-order chi connectivity index (χ1) is 15.5. The molecule has 2 heterocycles. The normalized spacial score (nSPS) is 17.7. The molecule has 1 fully saturated rings. The Morgan fingerprint density at radius 1 is 1.03 bits per heavy atom. The summed E-state index contributed by atoms with van der Waals surface area (Å²) in [5.74, 6) is -0.177. The predicted octanol–water partition coefficient (Wildman–Crippen LogP) is 5.83. The average molecular weight is 485 g/mol. The van der Waals surface area contributed by atoms with E-state index in [1.54, 1.807) is 40.5 Å². The van der Waals surface area contributed by atoms with Crippen molar-refractivity contribution in [1.82, 2.24) is 9.80 Å². The summed E-state index contributed by atoms with van der Waals surface area (Å²) >= 11 is 13.9. The van der Waals surface area contributed by atoms with Crippen molar-refractivity contribution in [2.45, 2.75) is 31.3 Å². The first-order valence-corrected chi connectivity index (χ1v) is 12.3. The van der Waals surface area contributed by atoms with E-state index in [1.165, 1.54) is 4.88 Å². The van der Waals surface area contributed by atoms with Crippen LogP contribution >= 0.6 is 34.5 Å². The van der Waals surface area contributed by atoms with Crippen LogP contribution in [-0.2, 0) is 11.2 Å². The second-order valence-corrected chi connectivity index (χ2v) is 10.1. The summed E-state index contributed by atoms with van der Waals surface area (Å²) in [6.45, 7) is 0.697. The van der Waals surface area contributed by atoms with Crippen molar-refractivity contribution in [2.24, 2.45) is 0 Å². The summed E-state index contributed by atoms with van der Waals surface area (Å²) in [5.41, 5.74) is 2.71. The van der Waals surface area contributed by atoms with Gasteiger partial charge in [-0.1, -0.05) is 41.4 Å². The van der Waals surface area contributed by atoms with Crippen LogP contribution in [0.2, 0.25) is 10.0 Å². The Balaban J connectivity index is 1.43. The summed E-state index contributed by atoms with van der Waals surface area (Å²) in [6.07, 6.45) is 2.68. The number of carbonyl (C=O) groups is 2. The van der Waals surface area contributed by atoms with Crippen molar-refractivity contribution in [2.75, 3.05) is 13.1 Å². The van der Waals surface area contributed by atoms with Gasteiger partial charge in [-0.25, -0.2) is 0 Å². The van der Waals surface area contributed by atoms with Crippen LogP contribution in [0.1, 0.15) is 45.2 Å². The lowest BCUT2D eigenvalue weighted by molar-refractivity contribution is -0.134. The Bertz CT molecular complexity index is 1160. The minimum absolute atomic E-state index is 0.0379. The standard InChI is InChI=1S/C25H22Cl2N2O2S/c26-18-6-4-16(5-7-18)24-21-11-13-32-22(21)10-12-28(24)23(30)15-29(20-8-9-20)25(31)17-2-1-3-19(27)14-17/h1-7,11,13-14,20,24H,8-10,12,15H2. The van der Waals surface area contributed by atoms with E-state index < -0.39 is 0 Å². The van der Waals surface area contributed by atoms with Crippen LogP contribution in [0, 0.1) is 0 Å². The Morgan fingerprint density at radius 2 is 1.81 bits per heavy atom. The molecule has 164 valence electrons. The topological polar surface area (TPSA) is 40.6 Å². The zero-order valence-electron chi connectivity index (χ0n) is 17.3. The molecule has 4 nitrogen and oxygen atoms in total. The molecule has 1 aliphatic carbocycles. The summed E-state index contributed by atoms with van der Waals surface area (Å²) in [6, 6.07) is 16.7. The molecule has 1 aliphatic heterocycles. The number of thiophene rings is 1. The highest BCUT2D eigenvalue weighted by Gasteiger charge is 2.38. The Morgan fingerprint density at radius 3 is 2.53 bits per heavy atom. The summed E-state index contributed by atoms with van der Waals surface area (Å²) in [7, 11) is 0. The van der Waals surface area contributed by atoms with Crippen molar-refractivity contribution in [3.05, 3.63) is 91.6 Å². The van der Waals surface area contributed by atoms with Gasteiger partial charge in [0.2, 0.25) is 5.91 Å². The molecule has 3 aromatic rings. The number of carbonyl (C=O) groups excluding carboxylic acids is 2. The van der Waals surface area contributed by atoms with Crippen molar-refractivity contribution in [1.29, 1.82) is 0 Å². The fraction of sp³-hybridized carbons (Fsp3) is 0.280. The van der Waals surface area contributed by atoms with E-state index >= 15 is 0 Å². The second kappa shape index (κ2) is 8.89. The highest BCUT2D eigenvalue weighted by molar-refractivity contribution is 7.10. The minimum atomic E-state index is -0.169. The minimum Gasteiger partial charge on any atom is -0.330 e. The molecular weight excluding hydrogens is 463 g/mol. The van der Waals surface area contributed by atoms with Gasteiger partial charge in [0.05, 0.1) is 6.04 Å². The molecule has 1 aromatic heterocycles. The van der Waals surface area contributed by atoms with Gasteiger partial charge in [0.1, 0.15) is 6.54 Å². The van der Waals surface area contributed by atoms with E-state index in [4.69, 9.17) is 23.2 Å². The number of hydrogen-bond acceptors (Lipinski definition) is 3. The highest BCUT2D eigenvalue weighted by atomic mass is 35.5. The van der Waals surface area contributed by atoms with Gasteiger partial charge in [-0.05, 0) is 72.2 Å². The molecule has 1 atom stereocenters. The number of fused-ring (bicyclic) bond motifs is 1. The van der Waals surface area contributed by atoms with Crippen molar-refractivity contribution in [3.63, 3.8) is 0 Å². The van der Waals surface area contributed by atoms with Crippen LogP contribution in [0.25, 0.3) is 0 Å². The maximum absolute atomic E-state index is 13.6.